The van der Waals surface area contributed by atoms with Crippen LogP contribution in [0.25, 0.3) is 0 Å². The lowest BCUT2D eigenvalue weighted by molar-refractivity contribution is -0.137. The van der Waals surface area contributed by atoms with E-state index in [1.54, 1.807) is 0 Å². The largest absolute Gasteiger partial charge is 0.481 e. The van der Waals surface area contributed by atoms with Crippen molar-refractivity contribution in [1.82, 2.24) is 0 Å². The van der Waals surface area contributed by atoms with Gasteiger partial charge in [-0.3, -0.25) is 4.79 Å². The monoisotopic (exact) mass is 324 g/mol. The van der Waals surface area contributed by atoms with Crippen LogP contribution in [0.1, 0.15) is 84.0 Å². The first kappa shape index (κ1) is 21.9. The molecule has 0 bridgehead atoms. The number of ether oxygens (including phenoxy) is 1. The van der Waals surface area contributed by atoms with Crippen molar-refractivity contribution in [2.45, 2.75) is 84.0 Å². The Kier molecular flexibility index (Phi) is 18.1. The third-order valence-corrected chi connectivity index (χ3v) is 3.66. The standard InChI is InChI=1S/C20H36O3/c1-2-3-4-5-6-7-8-9-10-11-12-13-15-18-23-19-16-14-17-20(21)22/h6-7,12-13H,2-5,8-11,14-19H2,1H3,(H,21,22)/b7-6-,13-12-. The molecule has 3 nitrogen and oxygen atoms in total. The second-order valence-electron chi connectivity index (χ2n) is 5.97. The summed E-state index contributed by atoms with van der Waals surface area (Å²) in [5.41, 5.74) is 0. The highest BCUT2D eigenvalue weighted by Crippen LogP contribution is 2.05. The highest BCUT2D eigenvalue weighted by atomic mass is 16.5. The second-order valence-corrected chi connectivity index (χ2v) is 5.97. The average molecular weight is 325 g/mol. The maximum atomic E-state index is 10.3. The van der Waals surface area contributed by atoms with Gasteiger partial charge >= 0.3 is 5.97 Å². The van der Waals surface area contributed by atoms with Gasteiger partial charge in [-0.1, -0.05) is 44.1 Å². The van der Waals surface area contributed by atoms with Crippen LogP contribution in [0, 0.1) is 0 Å². The predicted octanol–water partition coefficient (Wildman–Crippen LogP) is 5.90. The number of allylic oxidation sites excluding steroid dienone is 3. The fraction of sp³-hybridized carbons (Fsp3) is 0.750. The zero-order chi connectivity index (χ0) is 17.0. The lowest BCUT2D eigenvalue weighted by atomic mass is 10.1. The van der Waals surface area contributed by atoms with Crippen LogP contribution >= 0.6 is 0 Å². The molecule has 0 aliphatic heterocycles. The Labute approximate surface area is 142 Å². The molecule has 0 fully saturated rings. The molecule has 0 unspecified atom stereocenters. The summed E-state index contributed by atoms with van der Waals surface area (Å²) in [7, 11) is 0. The van der Waals surface area contributed by atoms with Gasteiger partial charge in [0.25, 0.3) is 0 Å². The number of carbonyl (C=O) groups is 1. The summed E-state index contributed by atoms with van der Waals surface area (Å²) in [5, 5.41) is 8.49. The van der Waals surface area contributed by atoms with Crippen LogP contribution in [-0.2, 0) is 9.53 Å². The first-order valence-corrected chi connectivity index (χ1v) is 9.37. The van der Waals surface area contributed by atoms with Crippen LogP contribution in [0.5, 0.6) is 0 Å². The van der Waals surface area contributed by atoms with Crippen molar-refractivity contribution < 1.29 is 14.6 Å². The Morgan fingerprint density at radius 2 is 1.35 bits per heavy atom. The Morgan fingerprint density at radius 1 is 0.783 bits per heavy atom. The molecular formula is C20H36O3. The summed E-state index contributed by atoms with van der Waals surface area (Å²) in [6.45, 7) is 3.65. The number of aliphatic carboxylic acids is 1. The van der Waals surface area contributed by atoms with Crippen LogP contribution in [0.2, 0.25) is 0 Å². The van der Waals surface area contributed by atoms with E-state index in [1.807, 2.05) is 0 Å². The van der Waals surface area contributed by atoms with E-state index < -0.39 is 5.97 Å². The van der Waals surface area contributed by atoms with Crippen molar-refractivity contribution in [3.63, 3.8) is 0 Å². The van der Waals surface area contributed by atoms with Crippen molar-refractivity contribution >= 4 is 5.97 Å². The van der Waals surface area contributed by atoms with Crippen molar-refractivity contribution in [2.24, 2.45) is 0 Å². The lowest BCUT2D eigenvalue weighted by Crippen LogP contribution is -1.99. The molecule has 23 heavy (non-hydrogen) atoms. The number of unbranched alkanes of at least 4 members (excludes halogenated alkanes) is 7. The molecule has 0 rings (SSSR count). The van der Waals surface area contributed by atoms with Crippen molar-refractivity contribution in [1.29, 1.82) is 0 Å². The topological polar surface area (TPSA) is 46.5 Å². The maximum Gasteiger partial charge on any atom is 0.303 e. The van der Waals surface area contributed by atoms with Crippen LogP contribution < -0.4 is 0 Å². The molecule has 0 heterocycles. The molecule has 0 aromatic rings. The zero-order valence-electron chi connectivity index (χ0n) is 15.0. The Bertz CT molecular complexity index is 308. The van der Waals surface area contributed by atoms with Crippen molar-refractivity contribution in [2.75, 3.05) is 13.2 Å². The summed E-state index contributed by atoms with van der Waals surface area (Å²) in [5.74, 6) is -0.722. The average Bonchev–Trinajstić information content (AvgIpc) is 2.53. The summed E-state index contributed by atoms with van der Waals surface area (Å²) in [4.78, 5) is 10.3. The molecule has 3 heteroatoms. The molecular weight excluding hydrogens is 288 g/mol. The molecule has 0 aliphatic rings. The minimum absolute atomic E-state index is 0.247. The molecule has 0 amide bonds. The van der Waals surface area contributed by atoms with Gasteiger partial charge in [-0.05, 0) is 57.8 Å². The molecule has 1 N–H and O–H groups in total. The molecule has 0 radical (unpaired) electrons. The maximum absolute atomic E-state index is 10.3. The molecule has 0 saturated carbocycles. The molecule has 0 atom stereocenters. The number of carboxylic acid groups (broad SMARTS) is 1. The quantitative estimate of drug-likeness (QED) is 0.267. The van der Waals surface area contributed by atoms with Crippen LogP contribution in [-0.4, -0.2) is 24.3 Å². The van der Waals surface area contributed by atoms with Gasteiger partial charge in [-0.15, -0.1) is 0 Å². The Balaban J connectivity index is 3.15. The third kappa shape index (κ3) is 20.9. The fourth-order valence-electron chi connectivity index (χ4n) is 2.24. The van der Waals surface area contributed by atoms with Gasteiger partial charge in [-0.2, -0.15) is 0 Å². The highest BCUT2D eigenvalue weighted by Gasteiger charge is 1.95. The van der Waals surface area contributed by atoms with Crippen LogP contribution in [0.3, 0.4) is 0 Å². The highest BCUT2D eigenvalue weighted by molar-refractivity contribution is 5.66. The second kappa shape index (κ2) is 19.0. The van der Waals surface area contributed by atoms with Gasteiger partial charge in [-0.25, -0.2) is 0 Å². The fourth-order valence-corrected chi connectivity index (χ4v) is 2.24. The predicted molar refractivity (Wildman–Crippen MR) is 97.8 cm³/mol. The van der Waals surface area contributed by atoms with Gasteiger partial charge in [0, 0.05) is 13.0 Å². The summed E-state index contributed by atoms with van der Waals surface area (Å²) in [6, 6.07) is 0. The molecule has 0 aromatic carbocycles. The van der Waals surface area contributed by atoms with Crippen molar-refractivity contribution in [3.05, 3.63) is 24.3 Å². The molecule has 0 spiro atoms. The van der Waals surface area contributed by atoms with Crippen LogP contribution in [0.4, 0.5) is 0 Å². The van der Waals surface area contributed by atoms with Crippen LogP contribution in [0.15, 0.2) is 24.3 Å². The Hall–Kier alpha value is -1.09. The van der Waals surface area contributed by atoms with Gasteiger partial charge < -0.3 is 9.84 Å². The van der Waals surface area contributed by atoms with E-state index in [9.17, 15) is 4.79 Å². The molecule has 0 aliphatic carbocycles. The number of hydrogen-bond donors (Lipinski definition) is 1. The van der Waals surface area contributed by atoms with E-state index >= 15 is 0 Å². The molecule has 0 aromatic heterocycles. The smallest absolute Gasteiger partial charge is 0.303 e. The number of hydrogen-bond acceptors (Lipinski definition) is 2. The SMILES string of the molecule is CCCCC/C=C\CCCC/C=C\CCOCCCCC(=O)O. The third-order valence-electron chi connectivity index (χ3n) is 3.66. The van der Waals surface area contributed by atoms with E-state index in [0.29, 0.717) is 13.0 Å². The van der Waals surface area contributed by atoms with E-state index in [4.69, 9.17) is 9.84 Å². The van der Waals surface area contributed by atoms with E-state index in [0.717, 1.165) is 25.9 Å². The summed E-state index contributed by atoms with van der Waals surface area (Å²) < 4.78 is 5.46. The molecule has 134 valence electrons. The summed E-state index contributed by atoms with van der Waals surface area (Å²) in [6.07, 6.45) is 22.0. The van der Waals surface area contributed by atoms with E-state index in [1.165, 1.54) is 44.9 Å². The van der Waals surface area contributed by atoms with Gasteiger partial charge in [0.05, 0.1) is 6.61 Å². The van der Waals surface area contributed by atoms with Crippen molar-refractivity contribution in [3.8, 4) is 0 Å². The Morgan fingerprint density at radius 3 is 1.91 bits per heavy atom. The molecule has 0 saturated heterocycles. The van der Waals surface area contributed by atoms with E-state index in [-0.39, 0.29) is 6.42 Å². The first-order valence-electron chi connectivity index (χ1n) is 9.37. The zero-order valence-corrected chi connectivity index (χ0v) is 15.0. The minimum Gasteiger partial charge on any atom is -0.481 e. The lowest BCUT2D eigenvalue weighted by Gasteiger charge is -2.01. The van der Waals surface area contributed by atoms with Gasteiger partial charge in [0.15, 0.2) is 0 Å². The number of carboxylic acids is 1. The first-order chi connectivity index (χ1) is 11.3. The normalized spacial score (nSPS) is 11.7. The van der Waals surface area contributed by atoms with Gasteiger partial charge in [0.1, 0.15) is 0 Å². The van der Waals surface area contributed by atoms with E-state index in [2.05, 4.69) is 31.2 Å². The number of rotatable bonds is 17. The van der Waals surface area contributed by atoms with Gasteiger partial charge in [0.2, 0.25) is 0 Å². The summed E-state index contributed by atoms with van der Waals surface area (Å²) >= 11 is 0. The minimum atomic E-state index is -0.722.